The number of thioether (sulfide) groups is 1. The van der Waals surface area contributed by atoms with Crippen LogP contribution < -0.4 is 10.6 Å². The van der Waals surface area contributed by atoms with Crippen LogP contribution in [0.1, 0.15) is 0 Å². The molecular formula is C19H22N8S. The number of likely N-dealkylation sites (N-methyl/N-ethyl adjacent to an activating group) is 1. The third-order valence-electron chi connectivity index (χ3n) is 5.17. The fourth-order valence-electron chi connectivity index (χ4n) is 3.58. The van der Waals surface area contributed by atoms with E-state index in [0.29, 0.717) is 5.65 Å². The molecule has 0 radical (unpaired) electrons. The molecule has 0 amide bonds. The van der Waals surface area contributed by atoms with Gasteiger partial charge in [0.05, 0.1) is 11.7 Å². The molecule has 144 valence electrons. The summed E-state index contributed by atoms with van der Waals surface area (Å²) in [6, 6.07) is 8.33. The Morgan fingerprint density at radius 2 is 1.96 bits per heavy atom. The number of nitrogens with zero attached hydrogens (tertiary/aromatic N) is 7. The number of piperazine rings is 1. The maximum absolute atomic E-state index is 5.05. The number of hydrogen-bond acceptors (Lipinski definition) is 8. The predicted octanol–water partition coefficient (Wildman–Crippen LogP) is 0.307. The number of nitrogens with one attached hydrogen (secondary N) is 1. The van der Waals surface area contributed by atoms with Crippen molar-refractivity contribution in [3.8, 4) is 0 Å². The zero-order valence-corrected chi connectivity index (χ0v) is 16.5. The molecule has 5 rings (SSSR count). The second kappa shape index (κ2) is 7.50. The van der Waals surface area contributed by atoms with Crippen molar-refractivity contribution in [1.29, 1.82) is 0 Å². The molecule has 2 aliphatic heterocycles. The molecule has 0 spiro atoms. The van der Waals surface area contributed by atoms with Crippen molar-refractivity contribution in [3.63, 3.8) is 0 Å². The van der Waals surface area contributed by atoms with Crippen molar-refractivity contribution in [2.24, 2.45) is 4.99 Å². The number of para-hydroxylation sites is 1. The van der Waals surface area contributed by atoms with Gasteiger partial charge in [0, 0.05) is 43.4 Å². The van der Waals surface area contributed by atoms with Crippen molar-refractivity contribution in [3.05, 3.63) is 47.5 Å². The van der Waals surface area contributed by atoms with E-state index >= 15 is 0 Å². The van der Waals surface area contributed by atoms with Gasteiger partial charge < -0.3 is 9.88 Å². The summed E-state index contributed by atoms with van der Waals surface area (Å²) in [5.74, 6) is 0.794. The van der Waals surface area contributed by atoms with Gasteiger partial charge in [-0.25, -0.2) is 20.0 Å². The molecular weight excluding hydrogens is 372 g/mol. The third kappa shape index (κ3) is 3.36. The maximum atomic E-state index is 5.05. The van der Waals surface area contributed by atoms with Crippen LogP contribution in [-0.4, -0.2) is 80.0 Å². The zero-order valence-electron chi connectivity index (χ0n) is 15.7. The number of aromatic amines is 1. The van der Waals surface area contributed by atoms with Gasteiger partial charge in [-0.15, -0.1) is 0 Å². The Labute approximate surface area is 167 Å². The first kappa shape index (κ1) is 17.6. The molecule has 1 atom stereocenters. The van der Waals surface area contributed by atoms with Gasteiger partial charge in [-0.3, -0.25) is 10.0 Å². The van der Waals surface area contributed by atoms with Crippen LogP contribution in [-0.2, 0) is 0 Å². The lowest BCUT2D eigenvalue weighted by Gasteiger charge is -2.43. The molecule has 2 aromatic heterocycles. The Bertz CT molecular complexity index is 1090. The highest BCUT2D eigenvalue weighted by molar-refractivity contribution is 7.99. The highest BCUT2D eigenvalue weighted by Crippen LogP contribution is 2.25. The fraction of sp³-hybridized carbons (Fsp3) is 0.368. The van der Waals surface area contributed by atoms with E-state index in [-0.39, 0.29) is 6.17 Å². The van der Waals surface area contributed by atoms with E-state index in [0.717, 1.165) is 47.8 Å². The number of hydrazine groups is 1. The minimum absolute atomic E-state index is 0.0243. The van der Waals surface area contributed by atoms with Gasteiger partial charge in [-0.1, -0.05) is 30.0 Å². The summed E-state index contributed by atoms with van der Waals surface area (Å²) in [7, 11) is 2.18. The van der Waals surface area contributed by atoms with E-state index in [1.165, 1.54) is 5.22 Å². The minimum atomic E-state index is 0.0243. The number of hydrogen-bond donors (Lipinski definition) is 1. The van der Waals surface area contributed by atoms with Crippen molar-refractivity contribution < 1.29 is 0 Å². The second-order valence-electron chi connectivity index (χ2n) is 7.03. The lowest BCUT2D eigenvalue weighted by atomic mass is 10.2. The molecule has 1 fully saturated rings. The normalized spacial score (nSPS) is 20.6. The van der Waals surface area contributed by atoms with Crippen LogP contribution in [0.25, 0.3) is 17.4 Å². The quantitative estimate of drug-likeness (QED) is 0.504. The predicted molar refractivity (Wildman–Crippen MR) is 109 cm³/mol. The lowest BCUT2D eigenvalue weighted by Crippen LogP contribution is -2.56. The summed E-state index contributed by atoms with van der Waals surface area (Å²) in [6.07, 6.45) is 5.50. The molecule has 0 bridgehead atoms. The largest absolute Gasteiger partial charge is 0.341 e. The van der Waals surface area contributed by atoms with Gasteiger partial charge in [0.2, 0.25) is 0 Å². The number of imidazole rings is 1. The van der Waals surface area contributed by atoms with Crippen LogP contribution in [0.5, 0.6) is 0 Å². The lowest BCUT2D eigenvalue weighted by molar-refractivity contribution is -0.0246. The first-order valence-electron chi connectivity index (χ1n) is 9.41. The molecule has 28 heavy (non-hydrogen) atoms. The Kier molecular flexibility index (Phi) is 4.71. The molecule has 1 unspecified atom stereocenters. The van der Waals surface area contributed by atoms with E-state index in [2.05, 4.69) is 66.3 Å². The van der Waals surface area contributed by atoms with E-state index < -0.39 is 0 Å². The molecule has 1 aromatic carbocycles. The van der Waals surface area contributed by atoms with Crippen molar-refractivity contribution in [2.75, 3.05) is 39.0 Å². The van der Waals surface area contributed by atoms with Gasteiger partial charge in [0.1, 0.15) is 23.0 Å². The third-order valence-corrected chi connectivity index (χ3v) is 6.21. The highest BCUT2D eigenvalue weighted by atomic mass is 32.2. The Hall–Kier alpha value is -2.49. The molecule has 0 aliphatic carbocycles. The molecule has 9 heteroatoms. The maximum Gasteiger partial charge on any atom is 0.181 e. The average molecular weight is 395 g/mol. The summed E-state index contributed by atoms with van der Waals surface area (Å²) in [4.78, 5) is 23.4. The molecule has 2 aliphatic rings. The summed E-state index contributed by atoms with van der Waals surface area (Å²) in [5, 5.41) is 7.85. The molecule has 3 aromatic rings. The fourth-order valence-corrected chi connectivity index (χ4v) is 4.53. The van der Waals surface area contributed by atoms with E-state index in [4.69, 9.17) is 4.99 Å². The number of benzene rings is 1. The Morgan fingerprint density at radius 1 is 1.11 bits per heavy atom. The molecule has 1 saturated heterocycles. The van der Waals surface area contributed by atoms with Gasteiger partial charge in [-0.05, 0) is 13.1 Å². The minimum Gasteiger partial charge on any atom is -0.341 e. The first-order chi connectivity index (χ1) is 13.8. The molecule has 1 N–H and O–H groups in total. The van der Waals surface area contributed by atoms with Gasteiger partial charge in [-0.2, -0.15) is 0 Å². The van der Waals surface area contributed by atoms with Crippen LogP contribution >= 0.6 is 11.8 Å². The first-order valence-corrected chi connectivity index (χ1v) is 10.4. The monoisotopic (exact) mass is 394 g/mol. The standard InChI is InChI=1S/C19H22N8S/c1-25-6-8-26(9-7-25)27-10-14-4-2-3-5-15(14)24-16(27)11-28-19-17-18(21-12-20-17)22-13-23-19/h2-5,10,12-13,16H,6-9,11H2,1H3,(H,20,21,22,23). The van der Waals surface area contributed by atoms with Crippen molar-refractivity contribution in [2.45, 2.75) is 11.2 Å². The van der Waals surface area contributed by atoms with E-state index in [1.54, 1.807) is 24.4 Å². The number of fused-ring (bicyclic) bond motifs is 2. The Morgan fingerprint density at radius 3 is 2.86 bits per heavy atom. The zero-order chi connectivity index (χ0) is 18.9. The van der Waals surface area contributed by atoms with E-state index in [9.17, 15) is 0 Å². The van der Waals surface area contributed by atoms with Gasteiger partial charge in [0.15, 0.2) is 5.65 Å². The molecule has 4 heterocycles. The van der Waals surface area contributed by atoms with Crippen LogP contribution in [0.4, 0.5) is 0 Å². The van der Waals surface area contributed by atoms with Crippen LogP contribution in [0.3, 0.4) is 0 Å². The number of rotatable bonds is 4. The van der Waals surface area contributed by atoms with Crippen molar-refractivity contribution in [1.82, 2.24) is 34.9 Å². The summed E-state index contributed by atoms with van der Waals surface area (Å²) in [5.41, 5.74) is 1.59. The number of aromatic nitrogens is 4. The summed E-state index contributed by atoms with van der Waals surface area (Å²) in [6.45, 7) is 4.13. The molecule has 0 saturated carbocycles. The summed E-state index contributed by atoms with van der Waals surface area (Å²) >= 11 is 1.69. The highest BCUT2D eigenvalue weighted by Gasteiger charge is 2.26. The van der Waals surface area contributed by atoms with E-state index in [1.807, 2.05) is 6.07 Å². The van der Waals surface area contributed by atoms with Gasteiger partial charge in [0.25, 0.3) is 0 Å². The molecule has 8 nitrogen and oxygen atoms in total. The second-order valence-corrected chi connectivity index (χ2v) is 8.03. The topological polar surface area (TPSA) is 76.5 Å². The van der Waals surface area contributed by atoms with Crippen LogP contribution in [0.2, 0.25) is 0 Å². The van der Waals surface area contributed by atoms with Crippen LogP contribution in [0.15, 0.2) is 46.9 Å². The Balaban J connectivity index is 1.43. The average Bonchev–Trinajstić information content (AvgIpc) is 3.22. The smallest absolute Gasteiger partial charge is 0.181 e. The van der Waals surface area contributed by atoms with Gasteiger partial charge >= 0.3 is 0 Å². The van der Waals surface area contributed by atoms with Crippen LogP contribution in [0, 0.1) is 0 Å². The SMILES string of the molecule is CN1CCN(N2C=c3ccccc3=NC2CSc2ncnc3nc[nH]c23)CC1. The number of H-pyrrole nitrogens is 1. The van der Waals surface area contributed by atoms with Crippen molar-refractivity contribution >= 4 is 29.1 Å². The summed E-state index contributed by atoms with van der Waals surface area (Å²) < 4.78 is 0.